The number of non-ortho nitro benzene ring substituents is 1. The number of hydrazone groups is 1. The van der Waals surface area contributed by atoms with E-state index in [1.807, 2.05) is 0 Å². The van der Waals surface area contributed by atoms with Crippen molar-refractivity contribution in [1.82, 2.24) is 10.7 Å². The van der Waals surface area contributed by atoms with Crippen LogP contribution < -0.4 is 15.5 Å². The Morgan fingerprint density at radius 3 is 2.75 bits per heavy atom. The first-order valence-corrected chi connectivity index (χ1v) is 8.45. The Labute approximate surface area is 165 Å². The van der Waals surface area contributed by atoms with Gasteiger partial charge in [-0.1, -0.05) is 23.7 Å². The standard InChI is InChI=1S/C18H17ClN4O5/c1-12-7-14(19)5-6-16(12)28-11-18(25)20-10-17(24)22-21-9-13-3-2-4-15(8-13)23(26)27/h2-9H,10-11H2,1H3,(H,20,25)(H,22,24)/b21-9+. The maximum atomic E-state index is 11.8. The van der Waals surface area contributed by atoms with E-state index in [1.54, 1.807) is 31.2 Å². The molecular weight excluding hydrogens is 388 g/mol. The lowest BCUT2D eigenvalue weighted by atomic mass is 10.2. The smallest absolute Gasteiger partial charge is 0.270 e. The zero-order valence-electron chi connectivity index (χ0n) is 14.8. The van der Waals surface area contributed by atoms with Crippen molar-refractivity contribution in [3.05, 3.63) is 68.7 Å². The lowest BCUT2D eigenvalue weighted by Gasteiger charge is -2.09. The molecule has 28 heavy (non-hydrogen) atoms. The summed E-state index contributed by atoms with van der Waals surface area (Å²) in [7, 11) is 0. The minimum atomic E-state index is -0.558. The summed E-state index contributed by atoms with van der Waals surface area (Å²) in [5.41, 5.74) is 3.37. The first-order chi connectivity index (χ1) is 13.3. The van der Waals surface area contributed by atoms with Crippen LogP contribution in [0.4, 0.5) is 5.69 Å². The van der Waals surface area contributed by atoms with Crippen LogP contribution in [0, 0.1) is 17.0 Å². The second-order valence-corrected chi connectivity index (χ2v) is 6.06. The number of halogens is 1. The van der Waals surface area contributed by atoms with E-state index in [2.05, 4.69) is 15.8 Å². The summed E-state index contributed by atoms with van der Waals surface area (Å²) in [6, 6.07) is 10.8. The molecule has 0 saturated heterocycles. The number of nitrogens with zero attached hydrogens (tertiary/aromatic N) is 2. The van der Waals surface area contributed by atoms with Gasteiger partial charge in [0, 0.05) is 22.7 Å². The van der Waals surface area contributed by atoms with Gasteiger partial charge in [-0.15, -0.1) is 0 Å². The van der Waals surface area contributed by atoms with Gasteiger partial charge in [0.25, 0.3) is 17.5 Å². The molecule has 146 valence electrons. The number of hydrogen-bond acceptors (Lipinski definition) is 6. The third-order valence-corrected chi connectivity index (χ3v) is 3.66. The summed E-state index contributed by atoms with van der Waals surface area (Å²) in [5, 5.41) is 17.3. The largest absolute Gasteiger partial charge is 0.484 e. The van der Waals surface area contributed by atoms with E-state index in [-0.39, 0.29) is 18.8 Å². The van der Waals surface area contributed by atoms with Crippen LogP contribution in [-0.4, -0.2) is 36.1 Å². The third-order valence-electron chi connectivity index (χ3n) is 3.43. The number of nitrogens with one attached hydrogen (secondary N) is 2. The lowest BCUT2D eigenvalue weighted by Crippen LogP contribution is -2.37. The van der Waals surface area contributed by atoms with Crippen molar-refractivity contribution in [2.24, 2.45) is 5.10 Å². The Hall–Kier alpha value is -3.46. The molecule has 0 spiro atoms. The number of ether oxygens (including phenoxy) is 1. The average Bonchev–Trinajstić information content (AvgIpc) is 2.66. The topological polar surface area (TPSA) is 123 Å². The third kappa shape index (κ3) is 6.69. The molecule has 0 aliphatic carbocycles. The number of nitro groups is 1. The summed E-state index contributed by atoms with van der Waals surface area (Å²) in [6.45, 7) is 1.24. The zero-order chi connectivity index (χ0) is 20.5. The molecule has 0 aromatic heterocycles. The van der Waals surface area contributed by atoms with Crippen LogP contribution in [0.3, 0.4) is 0 Å². The van der Waals surface area contributed by atoms with Crippen LogP contribution in [0.2, 0.25) is 5.02 Å². The Bertz CT molecular complexity index is 917. The van der Waals surface area contributed by atoms with Crippen molar-refractivity contribution >= 4 is 35.3 Å². The summed E-state index contributed by atoms with van der Waals surface area (Å²) in [6.07, 6.45) is 1.26. The Kier molecular flexibility index (Phi) is 7.46. The predicted octanol–water partition coefficient (Wildman–Crippen LogP) is 2.20. The maximum absolute atomic E-state index is 11.8. The molecule has 0 unspecified atom stereocenters. The minimum Gasteiger partial charge on any atom is -0.484 e. The van der Waals surface area contributed by atoms with E-state index in [4.69, 9.17) is 16.3 Å². The van der Waals surface area contributed by atoms with Crippen molar-refractivity contribution in [2.75, 3.05) is 13.2 Å². The van der Waals surface area contributed by atoms with E-state index < -0.39 is 16.7 Å². The summed E-state index contributed by atoms with van der Waals surface area (Å²) < 4.78 is 5.37. The zero-order valence-corrected chi connectivity index (χ0v) is 15.6. The van der Waals surface area contributed by atoms with Crippen molar-refractivity contribution in [1.29, 1.82) is 0 Å². The minimum absolute atomic E-state index is 0.0848. The quantitative estimate of drug-likeness (QED) is 0.396. The number of aryl methyl sites for hydroxylation is 1. The van der Waals surface area contributed by atoms with Gasteiger partial charge in [-0.2, -0.15) is 5.10 Å². The molecule has 0 aliphatic heterocycles. The molecule has 0 heterocycles. The first kappa shape index (κ1) is 20.8. The van der Waals surface area contributed by atoms with Crippen LogP contribution in [0.25, 0.3) is 0 Å². The SMILES string of the molecule is Cc1cc(Cl)ccc1OCC(=O)NCC(=O)N/N=C/c1cccc([N+](=O)[O-])c1. The highest BCUT2D eigenvalue weighted by atomic mass is 35.5. The van der Waals surface area contributed by atoms with Crippen molar-refractivity contribution < 1.29 is 19.2 Å². The van der Waals surface area contributed by atoms with Gasteiger partial charge in [-0.05, 0) is 30.7 Å². The van der Waals surface area contributed by atoms with Crippen LogP contribution in [-0.2, 0) is 9.59 Å². The molecule has 0 aliphatic rings. The fourth-order valence-electron chi connectivity index (χ4n) is 2.08. The number of hydrogen-bond donors (Lipinski definition) is 2. The number of carbonyl (C=O) groups is 2. The Morgan fingerprint density at radius 1 is 1.25 bits per heavy atom. The summed E-state index contributed by atoms with van der Waals surface area (Å²) in [4.78, 5) is 33.6. The summed E-state index contributed by atoms with van der Waals surface area (Å²) >= 11 is 5.85. The molecule has 0 bridgehead atoms. The average molecular weight is 405 g/mol. The lowest BCUT2D eigenvalue weighted by molar-refractivity contribution is -0.384. The second kappa shape index (κ2) is 10.0. The van der Waals surface area contributed by atoms with Gasteiger partial charge in [0.05, 0.1) is 17.7 Å². The highest BCUT2D eigenvalue weighted by molar-refractivity contribution is 6.30. The first-order valence-electron chi connectivity index (χ1n) is 8.07. The van der Waals surface area contributed by atoms with Crippen LogP contribution >= 0.6 is 11.6 Å². The number of carbonyl (C=O) groups excluding carboxylic acids is 2. The highest BCUT2D eigenvalue weighted by Gasteiger charge is 2.08. The molecule has 2 aromatic rings. The van der Waals surface area contributed by atoms with Gasteiger partial charge in [-0.3, -0.25) is 19.7 Å². The van der Waals surface area contributed by atoms with Gasteiger partial charge in [0.2, 0.25) is 0 Å². The summed E-state index contributed by atoms with van der Waals surface area (Å²) in [5.74, 6) is -0.518. The molecule has 2 amide bonds. The van der Waals surface area contributed by atoms with E-state index in [1.165, 1.54) is 24.4 Å². The number of nitro benzene ring substituents is 1. The fraction of sp³-hybridized carbons (Fsp3) is 0.167. The monoisotopic (exact) mass is 404 g/mol. The van der Waals surface area contributed by atoms with Gasteiger partial charge < -0.3 is 10.1 Å². The van der Waals surface area contributed by atoms with E-state index in [0.717, 1.165) is 5.56 Å². The second-order valence-electron chi connectivity index (χ2n) is 5.62. The molecule has 10 heteroatoms. The molecule has 0 saturated carbocycles. The van der Waals surface area contributed by atoms with Gasteiger partial charge >= 0.3 is 0 Å². The molecule has 2 aromatic carbocycles. The van der Waals surface area contributed by atoms with Crippen LogP contribution in [0.15, 0.2) is 47.6 Å². The maximum Gasteiger partial charge on any atom is 0.270 e. The number of rotatable bonds is 8. The van der Waals surface area contributed by atoms with Gasteiger partial charge in [-0.25, -0.2) is 5.43 Å². The van der Waals surface area contributed by atoms with Crippen LogP contribution in [0.5, 0.6) is 5.75 Å². The number of benzene rings is 2. The molecule has 0 radical (unpaired) electrons. The van der Waals surface area contributed by atoms with E-state index >= 15 is 0 Å². The molecular formula is C18H17ClN4O5. The molecule has 9 nitrogen and oxygen atoms in total. The highest BCUT2D eigenvalue weighted by Crippen LogP contribution is 2.21. The van der Waals surface area contributed by atoms with E-state index in [0.29, 0.717) is 16.3 Å². The molecule has 0 fully saturated rings. The predicted molar refractivity (Wildman–Crippen MR) is 104 cm³/mol. The van der Waals surface area contributed by atoms with Crippen molar-refractivity contribution in [3.63, 3.8) is 0 Å². The Morgan fingerprint density at radius 2 is 2.04 bits per heavy atom. The fourth-order valence-corrected chi connectivity index (χ4v) is 2.31. The van der Waals surface area contributed by atoms with Gasteiger partial charge in [0.1, 0.15) is 5.75 Å². The normalized spacial score (nSPS) is 10.5. The van der Waals surface area contributed by atoms with E-state index in [9.17, 15) is 19.7 Å². The molecule has 0 atom stereocenters. The molecule has 2 rings (SSSR count). The number of amides is 2. The van der Waals surface area contributed by atoms with Crippen molar-refractivity contribution in [2.45, 2.75) is 6.92 Å². The van der Waals surface area contributed by atoms with Gasteiger partial charge in [0.15, 0.2) is 6.61 Å². The van der Waals surface area contributed by atoms with Crippen LogP contribution in [0.1, 0.15) is 11.1 Å². The van der Waals surface area contributed by atoms with Crippen molar-refractivity contribution in [3.8, 4) is 5.75 Å². The Balaban J connectivity index is 1.73. The molecule has 2 N–H and O–H groups in total.